The van der Waals surface area contributed by atoms with Crippen LogP contribution in [0.25, 0.3) is 22.5 Å². The standard InChI is InChI=1S/C27H32N2O2/c1-2-8-21-13-17-24(18-14-21)27-28-19-25(20-29-27)23-15-11-22(12-16-23)9-6-4-3-5-7-10-26(30)31/h11-20H,2-10H2,1H3,(H,30,31). The van der Waals surface area contributed by atoms with Crippen molar-refractivity contribution in [3.63, 3.8) is 0 Å². The van der Waals surface area contributed by atoms with Crippen LogP contribution >= 0.6 is 0 Å². The van der Waals surface area contributed by atoms with Gasteiger partial charge in [-0.3, -0.25) is 4.79 Å². The molecule has 0 radical (unpaired) electrons. The van der Waals surface area contributed by atoms with Gasteiger partial charge >= 0.3 is 5.97 Å². The van der Waals surface area contributed by atoms with Crippen molar-refractivity contribution < 1.29 is 9.90 Å². The van der Waals surface area contributed by atoms with Gasteiger partial charge in [-0.15, -0.1) is 0 Å². The summed E-state index contributed by atoms with van der Waals surface area (Å²) < 4.78 is 0. The molecule has 0 unspecified atom stereocenters. The SMILES string of the molecule is CCCc1ccc(-c2ncc(-c3ccc(CCCCCCCC(=O)O)cc3)cn2)cc1. The van der Waals surface area contributed by atoms with Gasteiger partial charge in [0.05, 0.1) is 0 Å². The molecule has 0 fully saturated rings. The zero-order valence-corrected chi connectivity index (χ0v) is 18.4. The minimum Gasteiger partial charge on any atom is -0.481 e. The maximum Gasteiger partial charge on any atom is 0.303 e. The fourth-order valence-electron chi connectivity index (χ4n) is 3.73. The number of carboxylic acid groups (broad SMARTS) is 1. The zero-order chi connectivity index (χ0) is 21.9. The number of aliphatic carboxylic acids is 1. The minimum atomic E-state index is -0.693. The molecule has 1 aromatic heterocycles. The summed E-state index contributed by atoms with van der Waals surface area (Å²) in [7, 11) is 0. The highest BCUT2D eigenvalue weighted by Gasteiger charge is 2.04. The number of carboxylic acids is 1. The van der Waals surface area contributed by atoms with Crippen LogP contribution in [0, 0.1) is 0 Å². The van der Waals surface area contributed by atoms with Crippen LogP contribution in [0.2, 0.25) is 0 Å². The third-order valence-electron chi connectivity index (χ3n) is 5.55. The van der Waals surface area contributed by atoms with Crippen LogP contribution in [0.15, 0.2) is 60.9 Å². The summed E-state index contributed by atoms with van der Waals surface area (Å²) >= 11 is 0. The van der Waals surface area contributed by atoms with E-state index in [2.05, 4.69) is 65.4 Å². The number of hydrogen-bond acceptors (Lipinski definition) is 3. The lowest BCUT2D eigenvalue weighted by atomic mass is 10.0. The first-order chi connectivity index (χ1) is 15.2. The number of nitrogens with zero attached hydrogens (tertiary/aromatic N) is 2. The van der Waals surface area contributed by atoms with E-state index in [9.17, 15) is 4.79 Å². The molecule has 4 heteroatoms. The minimum absolute atomic E-state index is 0.289. The molecule has 2 aromatic carbocycles. The van der Waals surface area contributed by atoms with Gasteiger partial charge in [-0.2, -0.15) is 0 Å². The van der Waals surface area contributed by atoms with E-state index < -0.39 is 5.97 Å². The van der Waals surface area contributed by atoms with Crippen molar-refractivity contribution in [1.82, 2.24) is 9.97 Å². The van der Waals surface area contributed by atoms with Crippen molar-refractivity contribution in [2.45, 2.75) is 64.7 Å². The van der Waals surface area contributed by atoms with E-state index in [1.54, 1.807) is 0 Å². The molecule has 31 heavy (non-hydrogen) atoms. The van der Waals surface area contributed by atoms with E-state index in [1.807, 2.05) is 12.4 Å². The van der Waals surface area contributed by atoms with Crippen LogP contribution in [-0.2, 0) is 17.6 Å². The van der Waals surface area contributed by atoms with E-state index in [4.69, 9.17) is 5.11 Å². The largest absolute Gasteiger partial charge is 0.481 e. The van der Waals surface area contributed by atoms with Crippen LogP contribution in [0.4, 0.5) is 0 Å². The number of aryl methyl sites for hydroxylation is 2. The van der Waals surface area contributed by atoms with Gasteiger partial charge in [0.25, 0.3) is 0 Å². The third-order valence-corrected chi connectivity index (χ3v) is 5.55. The monoisotopic (exact) mass is 416 g/mol. The Morgan fingerprint density at radius 3 is 1.87 bits per heavy atom. The average molecular weight is 417 g/mol. The molecular formula is C27H32N2O2. The molecule has 0 bridgehead atoms. The second kappa shape index (κ2) is 12.0. The highest BCUT2D eigenvalue weighted by Crippen LogP contribution is 2.22. The van der Waals surface area contributed by atoms with Gasteiger partial charge in [0.15, 0.2) is 5.82 Å². The molecule has 4 nitrogen and oxygen atoms in total. The number of rotatable bonds is 12. The number of benzene rings is 2. The Morgan fingerprint density at radius 2 is 1.26 bits per heavy atom. The van der Waals surface area contributed by atoms with Gasteiger partial charge in [0.2, 0.25) is 0 Å². The summed E-state index contributed by atoms with van der Waals surface area (Å²) in [6.07, 6.45) is 12.6. The molecule has 0 amide bonds. The van der Waals surface area contributed by atoms with E-state index in [1.165, 1.54) is 11.1 Å². The third kappa shape index (κ3) is 7.32. The number of aromatic nitrogens is 2. The van der Waals surface area contributed by atoms with Crippen molar-refractivity contribution in [2.24, 2.45) is 0 Å². The van der Waals surface area contributed by atoms with Gasteiger partial charge in [0, 0.05) is 29.9 Å². The molecule has 162 valence electrons. The Hall–Kier alpha value is -3.01. The molecule has 0 aliphatic carbocycles. The fraction of sp³-hybridized carbons (Fsp3) is 0.370. The maximum atomic E-state index is 10.5. The molecule has 0 aliphatic heterocycles. The Morgan fingerprint density at radius 1 is 0.710 bits per heavy atom. The van der Waals surface area contributed by atoms with E-state index in [0.717, 1.165) is 73.9 Å². The van der Waals surface area contributed by atoms with Crippen molar-refractivity contribution >= 4 is 5.97 Å². The summed E-state index contributed by atoms with van der Waals surface area (Å²) in [5, 5.41) is 8.65. The Bertz CT molecular complexity index is 932. The Kier molecular flexibility index (Phi) is 8.77. The molecule has 1 heterocycles. The summed E-state index contributed by atoms with van der Waals surface area (Å²) in [6, 6.07) is 17.2. The lowest BCUT2D eigenvalue weighted by Crippen LogP contribution is -1.93. The van der Waals surface area contributed by atoms with Crippen molar-refractivity contribution in [2.75, 3.05) is 0 Å². The van der Waals surface area contributed by atoms with Crippen LogP contribution in [0.5, 0.6) is 0 Å². The summed E-state index contributed by atoms with van der Waals surface area (Å²) in [6.45, 7) is 2.19. The summed E-state index contributed by atoms with van der Waals surface area (Å²) in [5.74, 6) is 0.0629. The molecule has 1 N–H and O–H groups in total. The smallest absolute Gasteiger partial charge is 0.303 e. The van der Waals surface area contributed by atoms with Crippen LogP contribution in [0.3, 0.4) is 0 Å². The Labute approximate surface area is 185 Å². The van der Waals surface area contributed by atoms with E-state index in [0.29, 0.717) is 0 Å². The molecular weight excluding hydrogens is 384 g/mol. The maximum absolute atomic E-state index is 10.5. The van der Waals surface area contributed by atoms with Gasteiger partial charge in [0.1, 0.15) is 0 Å². The molecule has 3 aromatic rings. The highest BCUT2D eigenvalue weighted by molar-refractivity contribution is 5.66. The Balaban J connectivity index is 1.48. The lowest BCUT2D eigenvalue weighted by Gasteiger charge is -2.06. The number of unbranched alkanes of at least 4 members (excludes halogenated alkanes) is 4. The van der Waals surface area contributed by atoms with Gasteiger partial charge in [-0.1, -0.05) is 81.1 Å². The van der Waals surface area contributed by atoms with Gasteiger partial charge in [-0.25, -0.2) is 9.97 Å². The second-order valence-corrected chi connectivity index (χ2v) is 8.10. The summed E-state index contributed by atoms with van der Waals surface area (Å²) in [5.41, 5.74) is 5.88. The normalized spacial score (nSPS) is 10.9. The number of carbonyl (C=O) groups is 1. The van der Waals surface area contributed by atoms with Crippen molar-refractivity contribution in [3.8, 4) is 22.5 Å². The van der Waals surface area contributed by atoms with Crippen molar-refractivity contribution in [3.05, 3.63) is 72.1 Å². The molecule has 0 aliphatic rings. The fourth-order valence-corrected chi connectivity index (χ4v) is 3.73. The van der Waals surface area contributed by atoms with E-state index >= 15 is 0 Å². The quantitative estimate of drug-likeness (QED) is 0.332. The first kappa shape index (κ1) is 22.7. The second-order valence-electron chi connectivity index (χ2n) is 8.10. The van der Waals surface area contributed by atoms with Gasteiger partial charge in [-0.05, 0) is 42.4 Å². The predicted octanol–water partition coefficient (Wildman–Crippen LogP) is 6.73. The van der Waals surface area contributed by atoms with Crippen molar-refractivity contribution in [1.29, 1.82) is 0 Å². The van der Waals surface area contributed by atoms with Crippen LogP contribution in [0.1, 0.15) is 63.0 Å². The van der Waals surface area contributed by atoms with Crippen LogP contribution < -0.4 is 0 Å². The number of hydrogen-bond donors (Lipinski definition) is 1. The lowest BCUT2D eigenvalue weighted by molar-refractivity contribution is -0.137. The first-order valence-corrected chi connectivity index (χ1v) is 11.4. The molecule has 0 spiro atoms. The predicted molar refractivity (Wildman–Crippen MR) is 126 cm³/mol. The highest BCUT2D eigenvalue weighted by atomic mass is 16.4. The van der Waals surface area contributed by atoms with Gasteiger partial charge < -0.3 is 5.11 Å². The van der Waals surface area contributed by atoms with E-state index in [-0.39, 0.29) is 6.42 Å². The molecule has 3 rings (SSSR count). The topological polar surface area (TPSA) is 63.1 Å². The first-order valence-electron chi connectivity index (χ1n) is 11.4. The zero-order valence-electron chi connectivity index (χ0n) is 18.4. The van der Waals surface area contributed by atoms with Crippen LogP contribution in [-0.4, -0.2) is 21.0 Å². The molecule has 0 atom stereocenters. The average Bonchev–Trinajstić information content (AvgIpc) is 2.80. The summed E-state index contributed by atoms with van der Waals surface area (Å²) in [4.78, 5) is 19.7. The molecule has 0 saturated carbocycles. The molecule has 0 saturated heterocycles.